The lowest BCUT2D eigenvalue weighted by Crippen LogP contribution is -2.36. The van der Waals surface area contributed by atoms with Crippen molar-refractivity contribution in [3.05, 3.63) is 64.7 Å². The molecule has 1 aliphatic heterocycles. The van der Waals surface area contributed by atoms with Crippen molar-refractivity contribution in [1.82, 2.24) is 15.0 Å². The molecule has 0 atom stereocenters. The third kappa shape index (κ3) is 4.13. The number of aromatic nitrogens is 3. The molecule has 0 saturated carbocycles. The first-order valence-corrected chi connectivity index (χ1v) is 10.2. The quantitative estimate of drug-likeness (QED) is 0.523. The fraction of sp³-hybridized carbons (Fsp3) is 0.238. The summed E-state index contributed by atoms with van der Waals surface area (Å²) in [6, 6.07) is 9.26. The number of aliphatic hydroxyl groups is 1. The Kier molecular flexibility index (Phi) is 5.55. The fourth-order valence-electron chi connectivity index (χ4n) is 3.36. The molecule has 7 nitrogen and oxygen atoms in total. The molecule has 29 heavy (non-hydrogen) atoms. The second kappa shape index (κ2) is 8.26. The van der Waals surface area contributed by atoms with Crippen molar-refractivity contribution in [2.45, 2.75) is 18.9 Å². The summed E-state index contributed by atoms with van der Waals surface area (Å²) in [6.07, 6.45) is 6.17. The van der Waals surface area contributed by atoms with Crippen LogP contribution in [0.3, 0.4) is 0 Å². The lowest BCUT2D eigenvalue weighted by Gasteiger charge is -2.31. The fourth-order valence-corrected chi connectivity index (χ4v) is 3.83. The van der Waals surface area contributed by atoms with Crippen LogP contribution < -0.4 is 10.6 Å². The van der Waals surface area contributed by atoms with Gasteiger partial charge in [0.05, 0.1) is 39.6 Å². The monoisotopic (exact) mass is 452 g/mol. The minimum absolute atomic E-state index is 0.237. The summed E-state index contributed by atoms with van der Waals surface area (Å²) < 4.78 is 0.865. The van der Waals surface area contributed by atoms with Crippen molar-refractivity contribution >= 4 is 33.1 Å². The molecule has 0 unspecified atom stereocenters. The van der Waals surface area contributed by atoms with Gasteiger partial charge in [-0.15, -0.1) is 0 Å². The molecular weight excluding hydrogens is 432 g/mol. The van der Waals surface area contributed by atoms with E-state index in [9.17, 15) is 5.11 Å². The molecule has 3 aromatic rings. The van der Waals surface area contributed by atoms with Crippen LogP contribution in [-0.2, 0) is 0 Å². The van der Waals surface area contributed by atoms with Gasteiger partial charge in [-0.2, -0.15) is 0 Å². The number of aliphatic hydroxyl groups excluding tert-OH is 1. The zero-order valence-electron chi connectivity index (χ0n) is 15.7. The van der Waals surface area contributed by atoms with Crippen molar-refractivity contribution in [1.29, 1.82) is 5.41 Å². The molecule has 148 valence electrons. The Balaban J connectivity index is 1.67. The van der Waals surface area contributed by atoms with Crippen LogP contribution in [0.2, 0.25) is 0 Å². The van der Waals surface area contributed by atoms with Crippen molar-refractivity contribution in [3.8, 4) is 11.3 Å². The molecule has 0 amide bonds. The Morgan fingerprint density at radius 1 is 1.21 bits per heavy atom. The van der Waals surface area contributed by atoms with Crippen LogP contribution in [-0.4, -0.2) is 45.0 Å². The van der Waals surface area contributed by atoms with E-state index in [0.29, 0.717) is 35.5 Å². The maximum atomic E-state index is 9.77. The van der Waals surface area contributed by atoms with Crippen molar-refractivity contribution in [2.24, 2.45) is 0 Å². The number of piperidine rings is 1. The van der Waals surface area contributed by atoms with Gasteiger partial charge in [0.25, 0.3) is 0 Å². The number of anilines is 2. The third-order valence-electron chi connectivity index (χ3n) is 5.01. The smallest absolute Gasteiger partial charge is 0.143 e. The Labute approximate surface area is 177 Å². The second-order valence-electron chi connectivity index (χ2n) is 6.99. The van der Waals surface area contributed by atoms with E-state index in [0.717, 1.165) is 28.9 Å². The number of halogens is 1. The van der Waals surface area contributed by atoms with Crippen molar-refractivity contribution < 1.29 is 5.11 Å². The highest BCUT2D eigenvalue weighted by Crippen LogP contribution is 2.29. The van der Waals surface area contributed by atoms with Gasteiger partial charge in [0, 0.05) is 36.6 Å². The highest BCUT2D eigenvalue weighted by Gasteiger charge is 2.21. The Morgan fingerprint density at radius 3 is 2.72 bits per heavy atom. The van der Waals surface area contributed by atoms with Crippen molar-refractivity contribution in [2.75, 3.05) is 23.7 Å². The van der Waals surface area contributed by atoms with Gasteiger partial charge in [-0.1, -0.05) is 0 Å². The van der Waals surface area contributed by atoms with E-state index in [1.54, 1.807) is 30.7 Å². The van der Waals surface area contributed by atoms with Crippen LogP contribution in [0, 0.1) is 5.41 Å². The van der Waals surface area contributed by atoms with Crippen LogP contribution in [0.1, 0.15) is 24.1 Å². The number of hydrogen-bond donors (Lipinski definition) is 3. The van der Waals surface area contributed by atoms with Gasteiger partial charge in [0.15, 0.2) is 0 Å². The van der Waals surface area contributed by atoms with E-state index < -0.39 is 0 Å². The molecule has 1 saturated heterocycles. The topological polar surface area (TPSA) is 112 Å². The van der Waals surface area contributed by atoms with E-state index in [1.807, 2.05) is 18.2 Å². The summed E-state index contributed by atoms with van der Waals surface area (Å²) >= 11 is 3.56. The first-order valence-electron chi connectivity index (χ1n) is 9.37. The average molecular weight is 453 g/mol. The molecule has 0 aromatic carbocycles. The molecule has 3 aromatic heterocycles. The highest BCUT2D eigenvalue weighted by molar-refractivity contribution is 9.10. The first kappa shape index (κ1) is 19.5. The number of nitrogen functional groups attached to an aromatic ring is 1. The highest BCUT2D eigenvalue weighted by atomic mass is 79.9. The number of hydrogen-bond acceptors (Lipinski definition) is 7. The maximum Gasteiger partial charge on any atom is 0.143 e. The molecule has 4 heterocycles. The number of pyridine rings is 3. The Bertz CT molecular complexity index is 1030. The predicted molar refractivity (Wildman–Crippen MR) is 117 cm³/mol. The average Bonchev–Trinajstić information content (AvgIpc) is 2.75. The summed E-state index contributed by atoms with van der Waals surface area (Å²) in [5.41, 5.74) is 9.47. The Morgan fingerprint density at radius 2 is 2.00 bits per heavy atom. The number of rotatable bonds is 4. The van der Waals surface area contributed by atoms with E-state index in [1.165, 1.54) is 0 Å². The molecule has 1 aliphatic rings. The van der Waals surface area contributed by atoms with Gasteiger partial charge in [-0.25, -0.2) is 4.98 Å². The lowest BCUT2D eigenvalue weighted by molar-refractivity contribution is 0.145. The summed E-state index contributed by atoms with van der Waals surface area (Å²) in [4.78, 5) is 15.4. The molecule has 0 spiro atoms. The zero-order valence-corrected chi connectivity index (χ0v) is 17.3. The normalized spacial score (nSPS) is 14.8. The standard InChI is InChI=1S/C21H21BrN6O/c22-16-3-4-18(27-21(16)28-8-5-14(29)6-9-28)20(24)15-10-19(26-12-17(15)23)13-2-1-7-25-11-13/h1-4,7,10-12,14,24,29H,5-6,8-9,23H2. The lowest BCUT2D eigenvalue weighted by atomic mass is 10.0. The number of nitrogens with zero attached hydrogens (tertiary/aromatic N) is 4. The van der Waals surface area contributed by atoms with E-state index in [-0.39, 0.29) is 11.8 Å². The summed E-state index contributed by atoms with van der Waals surface area (Å²) in [7, 11) is 0. The molecule has 8 heteroatoms. The van der Waals surface area contributed by atoms with E-state index >= 15 is 0 Å². The van der Waals surface area contributed by atoms with Crippen molar-refractivity contribution in [3.63, 3.8) is 0 Å². The molecule has 0 radical (unpaired) electrons. The van der Waals surface area contributed by atoms with Crippen LogP contribution in [0.4, 0.5) is 11.5 Å². The van der Waals surface area contributed by atoms with Gasteiger partial charge < -0.3 is 15.7 Å². The van der Waals surface area contributed by atoms with Gasteiger partial charge in [-0.3, -0.25) is 15.4 Å². The largest absolute Gasteiger partial charge is 0.397 e. The summed E-state index contributed by atoms with van der Waals surface area (Å²) in [5.74, 6) is 0.777. The zero-order chi connectivity index (χ0) is 20.4. The molecule has 0 bridgehead atoms. The summed E-state index contributed by atoms with van der Waals surface area (Å²) in [5, 5.41) is 18.5. The molecule has 1 fully saturated rings. The van der Waals surface area contributed by atoms with E-state index in [2.05, 4.69) is 30.8 Å². The minimum atomic E-state index is -0.256. The van der Waals surface area contributed by atoms with Gasteiger partial charge >= 0.3 is 0 Å². The van der Waals surface area contributed by atoms with Gasteiger partial charge in [0.1, 0.15) is 5.82 Å². The first-order chi connectivity index (χ1) is 14.0. The summed E-state index contributed by atoms with van der Waals surface area (Å²) in [6.45, 7) is 1.46. The second-order valence-corrected chi connectivity index (χ2v) is 7.85. The van der Waals surface area contributed by atoms with Gasteiger partial charge in [0.2, 0.25) is 0 Å². The number of nitrogens with one attached hydrogen (secondary N) is 1. The van der Waals surface area contributed by atoms with Crippen LogP contribution in [0.25, 0.3) is 11.3 Å². The molecule has 0 aliphatic carbocycles. The Hall–Kier alpha value is -2.84. The van der Waals surface area contributed by atoms with E-state index in [4.69, 9.17) is 16.1 Å². The number of nitrogens with two attached hydrogens (primary N) is 1. The minimum Gasteiger partial charge on any atom is -0.397 e. The van der Waals surface area contributed by atoms with Gasteiger partial charge in [-0.05, 0) is 59.1 Å². The van der Waals surface area contributed by atoms with Crippen LogP contribution in [0.5, 0.6) is 0 Å². The SMILES string of the molecule is N=C(c1ccc(Br)c(N2CCC(O)CC2)n1)c1cc(-c2cccnc2)ncc1N. The molecular formula is C21H21BrN6O. The third-order valence-corrected chi connectivity index (χ3v) is 5.63. The maximum absolute atomic E-state index is 9.77. The van der Waals surface area contributed by atoms with Crippen LogP contribution in [0.15, 0.2) is 53.4 Å². The van der Waals surface area contributed by atoms with Crippen LogP contribution >= 0.6 is 15.9 Å². The molecule has 4 rings (SSSR count). The molecule has 4 N–H and O–H groups in total. The predicted octanol–water partition coefficient (Wildman–Crippen LogP) is 3.26.